The van der Waals surface area contributed by atoms with Crippen LogP contribution in [0.15, 0.2) is 36.4 Å². The Hall–Kier alpha value is -2.63. The van der Waals surface area contributed by atoms with Gasteiger partial charge in [-0.3, -0.25) is 9.48 Å². The summed E-state index contributed by atoms with van der Waals surface area (Å²) in [5.41, 5.74) is 1.65. The van der Waals surface area contributed by atoms with Gasteiger partial charge in [-0.1, -0.05) is 44.2 Å². The maximum atomic E-state index is 12.3. The first-order valence-electron chi connectivity index (χ1n) is 7.02. The second-order valence-electron chi connectivity index (χ2n) is 5.39. The molecule has 1 heterocycles. The van der Waals surface area contributed by atoms with Gasteiger partial charge in [0.1, 0.15) is 5.69 Å². The Balaban J connectivity index is 2.22. The summed E-state index contributed by atoms with van der Waals surface area (Å²) in [6.45, 7) is 4.01. The largest absolute Gasteiger partial charge is 0.479 e. The zero-order valence-corrected chi connectivity index (χ0v) is 12.8. The fourth-order valence-corrected chi connectivity index (χ4v) is 2.27. The number of carbonyl (C=O) groups excluding carboxylic acids is 1. The molecule has 0 aliphatic carbocycles. The highest BCUT2D eigenvalue weighted by Gasteiger charge is 2.24. The zero-order chi connectivity index (χ0) is 16.3. The summed E-state index contributed by atoms with van der Waals surface area (Å²) in [5.74, 6) is -1.39. The Bertz CT molecular complexity index is 677. The number of carboxylic acids is 1. The predicted molar refractivity (Wildman–Crippen MR) is 81.6 cm³/mol. The number of nitrogens with zero attached hydrogens (tertiary/aromatic N) is 2. The van der Waals surface area contributed by atoms with Crippen LogP contribution in [0.25, 0.3) is 0 Å². The molecular weight excluding hydrogens is 282 g/mol. The van der Waals surface area contributed by atoms with Crippen molar-refractivity contribution in [1.29, 1.82) is 0 Å². The van der Waals surface area contributed by atoms with Crippen molar-refractivity contribution in [1.82, 2.24) is 15.1 Å². The molecule has 0 aliphatic rings. The molecule has 0 saturated carbocycles. The van der Waals surface area contributed by atoms with Crippen molar-refractivity contribution >= 4 is 11.9 Å². The van der Waals surface area contributed by atoms with Crippen molar-refractivity contribution in [2.45, 2.75) is 25.8 Å². The number of aryl methyl sites for hydroxylation is 1. The van der Waals surface area contributed by atoms with Crippen LogP contribution in [0.5, 0.6) is 0 Å². The molecule has 0 saturated heterocycles. The van der Waals surface area contributed by atoms with Crippen LogP contribution < -0.4 is 5.32 Å². The molecule has 6 nitrogen and oxygen atoms in total. The lowest BCUT2D eigenvalue weighted by atomic mass is 10.1. The topological polar surface area (TPSA) is 84.2 Å². The molecule has 0 aliphatic heterocycles. The van der Waals surface area contributed by atoms with Crippen molar-refractivity contribution in [3.63, 3.8) is 0 Å². The van der Waals surface area contributed by atoms with Crippen molar-refractivity contribution < 1.29 is 14.7 Å². The first kappa shape index (κ1) is 15.8. The average Bonchev–Trinajstić information content (AvgIpc) is 2.87. The molecule has 1 unspecified atom stereocenters. The molecule has 0 bridgehead atoms. The van der Waals surface area contributed by atoms with E-state index in [2.05, 4.69) is 10.4 Å². The number of aromatic nitrogens is 2. The van der Waals surface area contributed by atoms with Crippen LogP contribution in [0, 0.1) is 0 Å². The monoisotopic (exact) mass is 301 g/mol. The summed E-state index contributed by atoms with van der Waals surface area (Å²) in [4.78, 5) is 23.7. The third kappa shape index (κ3) is 3.33. The number of amides is 1. The van der Waals surface area contributed by atoms with E-state index in [0.29, 0.717) is 5.56 Å². The number of aliphatic carboxylic acids is 1. The van der Waals surface area contributed by atoms with E-state index in [0.717, 1.165) is 5.69 Å². The Morgan fingerprint density at radius 3 is 2.36 bits per heavy atom. The average molecular weight is 301 g/mol. The first-order valence-corrected chi connectivity index (χ1v) is 7.02. The summed E-state index contributed by atoms with van der Waals surface area (Å²) in [6.07, 6.45) is 0. The van der Waals surface area contributed by atoms with E-state index < -0.39 is 17.9 Å². The van der Waals surface area contributed by atoms with Crippen LogP contribution >= 0.6 is 0 Å². The fourth-order valence-electron chi connectivity index (χ4n) is 2.27. The maximum Gasteiger partial charge on any atom is 0.330 e. The molecule has 1 aromatic heterocycles. The number of carbonyl (C=O) groups is 2. The highest BCUT2D eigenvalue weighted by atomic mass is 16.4. The number of hydrogen-bond donors (Lipinski definition) is 2. The van der Waals surface area contributed by atoms with Gasteiger partial charge in [0.25, 0.3) is 5.91 Å². The second kappa shape index (κ2) is 6.43. The zero-order valence-electron chi connectivity index (χ0n) is 12.8. The molecule has 6 heteroatoms. The van der Waals surface area contributed by atoms with Crippen molar-refractivity contribution in [2.24, 2.45) is 7.05 Å². The summed E-state index contributed by atoms with van der Waals surface area (Å²) in [7, 11) is 1.76. The Labute approximate surface area is 128 Å². The predicted octanol–water partition coefficient (Wildman–Crippen LogP) is 2.10. The molecule has 2 rings (SSSR count). The van der Waals surface area contributed by atoms with Gasteiger partial charge in [-0.25, -0.2) is 4.79 Å². The van der Waals surface area contributed by atoms with Gasteiger partial charge in [0.05, 0.1) is 0 Å². The Morgan fingerprint density at radius 1 is 1.23 bits per heavy atom. The Kier molecular flexibility index (Phi) is 4.60. The smallest absolute Gasteiger partial charge is 0.330 e. The standard InChI is InChI=1S/C16H19N3O3/c1-10(2)13-9-12(18-19(13)3)15(20)17-14(16(21)22)11-7-5-4-6-8-11/h4-10,14H,1-3H3,(H,17,20)(H,21,22). The van der Waals surface area contributed by atoms with Crippen molar-refractivity contribution in [2.75, 3.05) is 0 Å². The van der Waals surface area contributed by atoms with E-state index in [9.17, 15) is 14.7 Å². The summed E-state index contributed by atoms with van der Waals surface area (Å²) < 4.78 is 1.64. The van der Waals surface area contributed by atoms with Gasteiger partial charge in [-0.15, -0.1) is 0 Å². The van der Waals surface area contributed by atoms with E-state index in [1.807, 2.05) is 13.8 Å². The molecule has 1 amide bonds. The third-order valence-corrected chi connectivity index (χ3v) is 3.40. The van der Waals surface area contributed by atoms with Gasteiger partial charge in [0.2, 0.25) is 0 Å². The van der Waals surface area contributed by atoms with Crippen LogP contribution in [-0.2, 0) is 11.8 Å². The molecule has 22 heavy (non-hydrogen) atoms. The normalized spacial score (nSPS) is 12.2. The number of benzene rings is 1. The highest BCUT2D eigenvalue weighted by Crippen LogP contribution is 2.17. The van der Waals surface area contributed by atoms with E-state index in [1.165, 1.54) is 0 Å². The Morgan fingerprint density at radius 2 is 1.86 bits per heavy atom. The quantitative estimate of drug-likeness (QED) is 0.885. The van der Waals surface area contributed by atoms with E-state index in [4.69, 9.17) is 0 Å². The van der Waals surface area contributed by atoms with Gasteiger partial charge in [0, 0.05) is 12.7 Å². The molecule has 2 N–H and O–H groups in total. The number of carboxylic acid groups (broad SMARTS) is 1. The molecular formula is C16H19N3O3. The van der Waals surface area contributed by atoms with Crippen LogP contribution in [0.2, 0.25) is 0 Å². The first-order chi connectivity index (χ1) is 10.4. The minimum Gasteiger partial charge on any atom is -0.479 e. The van der Waals surface area contributed by atoms with Gasteiger partial charge < -0.3 is 10.4 Å². The molecule has 0 fully saturated rings. The minimum atomic E-state index is -1.11. The third-order valence-electron chi connectivity index (χ3n) is 3.40. The molecule has 0 radical (unpaired) electrons. The fraction of sp³-hybridized carbons (Fsp3) is 0.312. The van der Waals surface area contributed by atoms with Crippen molar-refractivity contribution in [3.8, 4) is 0 Å². The van der Waals surface area contributed by atoms with E-state index in [-0.39, 0.29) is 11.6 Å². The summed E-state index contributed by atoms with van der Waals surface area (Å²) >= 11 is 0. The number of rotatable bonds is 5. The van der Waals surface area contributed by atoms with Gasteiger partial charge in [-0.2, -0.15) is 5.10 Å². The summed E-state index contributed by atoms with van der Waals surface area (Å²) in [6, 6.07) is 9.17. The summed E-state index contributed by atoms with van der Waals surface area (Å²) in [5, 5.41) is 16.0. The van der Waals surface area contributed by atoms with E-state index in [1.54, 1.807) is 48.1 Å². The van der Waals surface area contributed by atoms with Crippen LogP contribution in [0.4, 0.5) is 0 Å². The minimum absolute atomic E-state index is 0.216. The lowest BCUT2D eigenvalue weighted by Gasteiger charge is -2.13. The maximum absolute atomic E-state index is 12.3. The lowest BCUT2D eigenvalue weighted by Crippen LogP contribution is -2.34. The number of nitrogens with one attached hydrogen (secondary N) is 1. The SMILES string of the molecule is CC(C)c1cc(C(=O)NC(C(=O)O)c2ccccc2)nn1C. The van der Waals surface area contributed by atoms with Crippen LogP contribution in [-0.4, -0.2) is 26.8 Å². The van der Waals surface area contributed by atoms with Gasteiger partial charge >= 0.3 is 5.97 Å². The highest BCUT2D eigenvalue weighted by molar-refractivity contribution is 5.95. The molecule has 116 valence electrons. The van der Waals surface area contributed by atoms with Crippen molar-refractivity contribution in [3.05, 3.63) is 53.3 Å². The molecule has 1 aromatic carbocycles. The van der Waals surface area contributed by atoms with Crippen LogP contribution in [0.1, 0.15) is 47.6 Å². The molecule has 1 atom stereocenters. The van der Waals surface area contributed by atoms with E-state index >= 15 is 0 Å². The molecule has 2 aromatic rings. The lowest BCUT2D eigenvalue weighted by molar-refractivity contribution is -0.139. The molecule has 0 spiro atoms. The number of hydrogen-bond acceptors (Lipinski definition) is 3. The second-order valence-corrected chi connectivity index (χ2v) is 5.39. The van der Waals surface area contributed by atoms with Gasteiger partial charge in [-0.05, 0) is 17.5 Å². The van der Waals surface area contributed by atoms with Crippen LogP contribution in [0.3, 0.4) is 0 Å². The van der Waals surface area contributed by atoms with Gasteiger partial charge in [0.15, 0.2) is 6.04 Å².